The Bertz CT molecular complexity index is 771. The number of alkyl halides is 2. The number of sulfonamides is 1. The second-order valence-electron chi connectivity index (χ2n) is 6.53. The van der Waals surface area contributed by atoms with Crippen LogP contribution in [-0.4, -0.2) is 68.2 Å². The molecule has 3 rings (SSSR count). The van der Waals surface area contributed by atoms with Crippen molar-refractivity contribution in [2.45, 2.75) is 29.7 Å². The maximum Gasteiger partial charge on any atom is 0.262 e. The topological polar surface area (TPSA) is 69.7 Å². The van der Waals surface area contributed by atoms with Gasteiger partial charge in [0, 0.05) is 32.6 Å². The van der Waals surface area contributed by atoms with Crippen molar-refractivity contribution in [1.82, 2.24) is 14.5 Å². The molecule has 1 amide bonds. The van der Waals surface area contributed by atoms with Crippen LogP contribution in [0, 0.1) is 5.82 Å². The Morgan fingerprint density at radius 2 is 1.81 bits per heavy atom. The molecule has 0 spiro atoms. The molecule has 26 heavy (non-hydrogen) atoms. The number of carbonyl (C=O) groups excluding carboxylic acids is 1. The molecule has 1 atom stereocenters. The predicted molar refractivity (Wildman–Crippen MR) is 87.7 cm³/mol. The molecule has 0 aliphatic carbocycles. The minimum Gasteiger partial charge on any atom is -0.340 e. The van der Waals surface area contributed by atoms with Crippen LogP contribution in [0.3, 0.4) is 0 Å². The Hall–Kier alpha value is -1.65. The van der Waals surface area contributed by atoms with Crippen LogP contribution in [0.15, 0.2) is 29.2 Å². The Morgan fingerprint density at radius 3 is 2.42 bits per heavy atom. The fourth-order valence-corrected chi connectivity index (χ4v) is 4.69. The summed E-state index contributed by atoms with van der Waals surface area (Å²) in [6.45, 7) is 0.176. The number of hydrogen-bond donors (Lipinski definition) is 1. The molecule has 2 heterocycles. The van der Waals surface area contributed by atoms with Gasteiger partial charge in [0.2, 0.25) is 15.9 Å². The molecular weight excluding hydrogens is 371 g/mol. The highest BCUT2D eigenvalue weighted by Crippen LogP contribution is 2.26. The average Bonchev–Trinajstić information content (AvgIpc) is 2.80. The van der Waals surface area contributed by atoms with Crippen molar-refractivity contribution < 1.29 is 26.4 Å². The van der Waals surface area contributed by atoms with Crippen molar-refractivity contribution in [3.63, 3.8) is 0 Å². The zero-order valence-corrected chi connectivity index (χ0v) is 14.8. The maximum absolute atomic E-state index is 13.3. The number of hydrogen-bond acceptors (Lipinski definition) is 4. The number of nitrogens with zero attached hydrogens (tertiary/aromatic N) is 2. The minimum atomic E-state index is -3.80. The number of nitrogens with one attached hydrogen (secondary N) is 1. The first-order valence-electron chi connectivity index (χ1n) is 8.35. The number of amides is 1. The Morgan fingerprint density at radius 1 is 1.12 bits per heavy atom. The lowest BCUT2D eigenvalue weighted by Gasteiger charge is -2.24. The normalized spacial score (nSPS) is 24.4. The van der Waals surface area contributed by atoms with Gasteiger partial charge in [-0.25, -0.2) is 21.6 Å². The summed E-state index contributed by atoms with van der Waals surface area (Å²) < 4.78 is 66.1. The molecule has 0 saturated carbocycles. The second-order valence-corrected chi connectivity index (χ2v) is 8.47. The molecule has 2 fully saturated rings. The summed E-state index contributed by atoms with van der Waals surface area (Å²) in [6, 6.07) is 3.61. The van der Waals surface area contributed by atoms with E-state index in [1.165, 1.54) is 21.3 Å². The van der Waals surface area contributed by atoms with E-state index >= 15 is 0 Å². The average molecular weight is 391 g/mol. The largest absolute Gasteiger partial charge is 0.340 e. The SMILES string of the molecule is O=C(C1CC(F)(F)CN1)N1CCCN(S(=O)(=O)c2ccc(F)cc2)CC1. The molecule has 2 aliphatic heterocycles. The molecule has 0 aromatic heterocycles. The molecule has 144 valence electrons. The van der Waals surface area contributed by atoms with Crippen LogP contribution in [0.2, 0.25) is 0 Å². The lowest BCUT2D eigenvalue weighted by Crippen LogP contribution is -2.45. The molecule has 1 N–H and O–H groups in total. The van der Waals surface area contributed by atoms with Crippen LogP contribution in [0.5, 0.6) is 0 Å². The van der Waals surface area contributed by atoms with E-state index in [1.807, 2.05) is 0 Å². The third-order valence-electron chi connectivity index (χ3n) is 4.63. The zero-order chi connectivity index (χ0) is 18.9. The number of carbonyl (C=O) groups is 1. The first-order chi connectivity index (χ1) is 12.2. The maximum atomic E-state index is 13.3. The van der Waals surface area contributed by atoms with E-state index < -0.39 is 46.7 Å². The van der Waals surface area contributed by atoms with Crippen LogP contribution in [0.4, 0.5) is 13.2 Å². The van der Waals surface area contributed by atoms with Gasteiger partial charge in [0.25, 0.3) is 5.92 Å². The van der Waals surface area contributed by atoms with Gasteiger partial charge in [-0.2, -0.15) is 4.31 Å². The van der Waals surface area contributed by atoms with Gasteiger partial charge in [0.15, 0.2) is 0 Å². The molecule has 1 unspecified atom stereocenters. The first-order valence-corrected chi connectivity index (χ1v) is 9.79. The second kappa shape index (κ2) is 7.16. The minimum absolute atomic E-state index is 0.0178. The van der Waals surface area contributed by atoms with Gasteiger partial charge in [0.05, 0.1) is 17.5 Å². The molecule has 1 aromatic rings. The van der Waals surface area contributed by atoms with E-state index in [2.05, 4.69) is 5.32 Å². The van der Waals surface area contributed by atoms with E-state index in [1.54, 1.807) is 0 Å². The summed E-state index contributed by atoms with van der Waals surface area (Å²) >= 11 is 0. The lowest BCUT2D eigenvalue weighted by atomic mass is 10.1. The van der Waals surface area contributed by atoms with Gasteiger partial charge in [-0.1, -0.05) is 0 Å². The lowest BCUT2D eigenvalue weighted by molar-refractivity contribution is -0.133. The van der Waals surface area contributed by atoms with E-state index in [4.69, 9.17) is 0 Å². The van der Waals surface area contributed by atoms with E-state index in [9.17, 15) is 26.4 Å². The summed E-state index contributed by atoms with van der Waals surface area (Å²) in [7, 11) is -3.80. The van der Waals surface area contributed by atoms with E-state index in [0.717, 1.165) is 12.1 Å². The molecule has 2 saturated heterocycles. The quantitative estimate of drug-likeness (QED) is 0.836. The standard InChI is InChI=1S/C16H20F3N3O3S/c17-12-2-4-13(5-3-12)26(24,25)22-7-1-6-21(8-9-22)15(23)14-10-16(18,19)11-20-14/h2-5,14,20H,1,6-11H2. The molecule has 2 aliphatic rings. The Kier molecular flexibility index (Phi) is 5.27. The van der Waals surface area contributed by atoms with Crippen LogP contribution in [0.1, 0.15) is 12.8 Å². The number of halogens is 3. The van der Waals surface area contributed by atoms with Crippen molar-refractivity contribution in [1.29, 1.82) is 0 Å². The molecule has 10 heteroatoms. The summed E-state index contributed by atoms with van der Waals surface area (Å²) in [6.07, 6.45) is -0.144. The fourth-order valence-electron chi connectivity index (χ4n) is 3.22. The van der Waals surface area contributed by atoms with Crippen LogP contribution in [-0.2, 0) is 14.8 Å². The van der Waals surface area contributed by atoms with Gasteiger partial charge in [-0.05, 0) is 30.7 Å². The van der Waals surface area contributed by atoms with Crippen LogP contribution in [0.25, 0.3) is 0 Å². The molecule has 6 nitrogen and oxygen atoms in total. The van der Waals surface area contributed by atoms with Crippen molar-refractivity contribution in [2.24, 2.45) is 0 Å². The predicted octanol–water partition coefficient (Wildman–Crippen LogP) is 1.05. The smallest absolute Gasteiger partial charge is 0.262 e. The molecule has 0 bridgehead atoms. The summed E-state index contributed by atoms with van der Waals surface area (Å²) in [5, 5.41) is 2.53. The van der Waals surface area contributed by atoms with Gasteiger partial charge < -0.3 is 4.90 Å². The summed E-state index contributed by atoms with van der Waals surface area (Å²) in [4.78, 5) is 13.8. The first kappa shape index (κ1) is 19.1. The van der Waals surface area contributed by atoms with Gasteiger partial charge in [0.1, 0.15) is 5.82 Å². The monoisotopic (exact) mass is 391 g/mol. The molecule has 0 radical (unpaired) electrons. The highest BCUT2D eigenvalue weighted by molar-refractivity contribution is 7.89. The molecular formula is C16H20F3N3O3S. The van der Waals surface area contributed by atoms with E-state index in [0.29, 0.717) is 13.0 Å². The summed E-state index contributed by atoms with van der Waals surface area (Å²) in [5.41, 5.74) is 0. The third-order valence-corrected chi connectivity index (χ3v) is 6.54. The number of benzene rings is 1. The highest BCUT2D eigenvalue weighted by atomic mass is 32.2. The Balaban J connectivity index is 1.66. The third kappa shape index (κ3) is 4.02. The van der Waals surface area contributed by atoms with Crippen molar-refractivity contribution >= 4 is 15.9 Å². The zero-order valence-electron chi connectivity index (χ0n) is 14.0. The van der Waals surface area contributed by atoms with Gasteiger partial charge in [-0.15, -0.1) is 0 Å². The Labute approximate surface area is 150 Å². The highest BCUT2D eigenvalue weighted by Gasteiger charge is 2.43. The van der Waals surface area contributed by atoms with E-state index in [-0.39, 0.29) is 24.5 Å². The van der Waals surface area contributed by atoms with Crippen LogP contribution >= 0.6 is 0 Å². The van der Waals surface area contributed by atoms with Crippen molar-refractivity contribution in [2.75, 3.05) is 32.7 Å². The van der Waals surface area contributed by atoms with Crippen molar-refractivity contribution in [3.05, 3.63) is 30.1 Å². The van der Waals surface area contributed by atoms with Gasteiger partial charge >= 0.3 is 0 Å². The summed E-state index contributed by atoms with van der Waals surface area (Å²) in [5.74, 6) is -3.86. The fraction of sp³-hybridized carbons (Fsp3) is 0.562. The van der Waals surface area contributed by atoms with Gasteiger partial charge in [-0.3, -0.25) is 10.1 Å². The van der Waals surface area contributed by atoms with Crippen LogP contribution < -0.4 is 5.32 Å². The number of rotatable bonds is 3. The van der Waals surface area contributed by atoms with Crippen molar-refractivity contribution in [3.8, 4) is 0 Å². The molecule has 1 aromatic carbocycles.